The van der Waals surface area contributed by atoms with Gasteiger partial charge in [-0.25, -0.2) is 0 Å². The van der Waals surface area contributed by atoms with Crippen LogP contribution in [0.15, 0.2) is 11.4 Å². The van der Waals surface area contributed by atoms with Crippen LogP contribution < -0.4 is 5.73 Å². The second-order valence-corrected chi connectivity index (χ2v) is 6.24. The van der Waals surface area contributed by atoms with Crippen LogP contribution in [0, 0.1) is 12.8 Å². The van der Waals surface area contributed by atoms with Gasteiger partial charge >= 0.3 is 0 Å². The Hall–Kier alpha value is -0.380. The van der Waals surface area contributed by atoms with E-state index in [1.54, 1.807) is 0 Å². The SMILES string of the molecule is Cc1ccsc1C(CN)N1CCCC(C)CC1. The molecule has 96 valence electrons. The molecular weight excluding hydrogens is 228 g/mol. The highest BCUT2D eigenvalue weighted by Gasteiger charge is 2.23. The molecular formula is C14H24N2S. The van der Waals surface area contributed by atoms with Gasteiger partial charge in [-0.15, -0.1) is 11.3 Å². The zero-order chi connectivity index (χ0) is 12.3. The van der Waals surface area contributed by atoms with Crippen molar-refractivity contribution in [1.29, 1.82) is 0 Å². The summed E-state index contributed by atoms with van der Waals surface area (Å²) in [7, 11) is 0. The molecule has 2 nitrogen and oxygen atoms in total. The van der Waals surface area contributed by atoms with Gasteiger partial charge in [0.2, 0.25) is 0 Å². The lowest BCUT2D eigenvalue weighted by molar-refractivity contribution is 0.210. The number of aryl methyl sites for hydroxylation is 1. The van der Waals surface area contributed by atoms with Crippen molar-refractivity contribution in [2.45, 2.75) is 39.2 Å². The summed E-state index contributed by atoms with van der Waals surface area (Å²) in [6.07, 6.45) is 4.01. The largest absolute Gasteiger partial charge is 0.329 e. The highest BCUT2D eigenvalue weighted by molar-refractivity contribution is 7.10. The van der Waals surface area contributed by atoms with E-state index in [0.29, 0.717) is 6.04 Å². The van der Waals surface area contributed by atoms with Crippen LogP contribution in [-0.2, 0) is 0 Å². The molecule has 1 aliphatic heterocycles. The summed E-state index contributed by atoms with van der Waals surface area (Å²) in [5.41, 5.74) is 7.42. The third-order valence-corrected chi connectivity index (χ3v) is 5.04. The fourth-order valence-corrected chi connectivity index (χ4v) is 3.82. The Morgan fingerprint density at radius 1 is 1.47 bits per heavy atom. The second-order valence-electron chi connectivity index (χ2n) is 5.29. The van der Waals surface area contributed by atoms with Crippen LogP contribution in [0.2, 0.25) is 0 Å². The molecule has 2 rings (SSSR count). The summed E-state index contributed by atoms with van der Waals surface area (Å²) in [4.78, 5) is 4.07. The van der Waals surface area contributed by atoms with E-state index >= 15 is 0 Å². The fourth-order valence-electron chi connectivity index (χ4n) is 2.74. The van der Waals surface area contributed by atoms with Gasteiger partial charge in [-0.1, -0.05) is 6.92 Å². The molecule has 3 heteroatoms. The number of hydrogen-bond acceptors (Lipinski definition) is 3. The summed E-state index contributed by atoms with van der Waals surface area (Å²) in [5, 5.41) is 2.19. The van der Waals surface area contributed by atoms with Gasteiger partial charge in [0.15, 0.2) is 0 Å². The van der Waals surface area contributed by atoms with Crippen molar-refractivity contribution < 1.29 is 0 Å². The standard InChI is InChI=1S/C14H24N2S/c1-11-4-3-7-16(8-5-11)13(10-15)14-12(2)6-9-17-14/h6,9,11,13H,3-5,7-8,10,15H2,1-2H3. The quantitative estimate of drug-likeness (QED) is 0.895. The van der Waals surface area contributed by atoms with Crippen molar-refractivity contribution in [3.63, 3.8) is 0 Å². The molecule has 2 heterocycles. The van der Waals surface area contributed by atoms with Crippen molar-refractivity contribution in [1.82, 2.24) is 4.90 Å². The van der Waals surface area contributed by atoms with E-state index in [9.17, 15) is 0 Å². The molecule has 1 aromatic heterocycles. The molecule has 1 fully saturated rings. The molecule has 0 amide bonds. The zero-order valence-electron chi connectivity index (χ0n) is 11.0. The maximum absolute atomic E-state index is 6.01. The molecule has 0 bridgehead atoms. The van der Waals surface area contributed by atoms with Gasteiger partial charge in [-0.3, -0.25) is 4.90 Å². The zero-order valence-corrected chi connectivity index (χ0v) is 11.8. The van der Waals surface area contributed by atoms with Crippen LogP contribution in [0.1, 0.15) is 42.7 Å². The van der Waals surface area contributed by atoms with Crippen molar-refractivity contribution in [2.24, 2.45) is 11.7 Å². The van der Waals surface area contributed by atoms with E-state index in [1.165, 1.54) is 42.8 Å². The summed E-state index contributed by atoms with van der Waals surface area (Å²) in [6, 6.07) is 2.66. The highest BCUT2D eigenvalue weighted by Crippen LogP contribution is 2.30. The monoisotopic (exact) mass is 252 g/mol. The van der Waals surface area contributed by atoms with E-state index in [2.05, 4.69) is 30.2 Å². The summed E-state index contributed by atoms with van der Waals surface area (Å²) in [5.74, 6) is 0.878. The average Bonchev–Trinajstić information content (AvgIpc) is 2.60. The van der Waals surface area contributed by atoms with Gasteiger partial charge in [-0.2, -0.15) is 0 Å². The Morgan fingerprint density at radius 3 is 2.94 bits per heavy atom. The minimum atomic E-state index is 0.445. The molecule has 1 saturated heterocycles. The number of nitrogens with zero attached hydrogens (tertiary/aromatic N) is 1. The molecule has 0 radical (unpaired) electrons. The van der Waals surface area contributed by atoms with Gasteiger partial charge in [-0.05, 0) is 62.2 Å². The van der Waals surface area contributed by atoms with Crippen LogP contribution in [0.25, 0.3) is 0 Å². The third-order valence-electron chi connectivity index (χ3n) is 3.92. The summed E-state index contributed by atoms with van der Waals surface area (Å²) in [6.45, 7) is 7.74. The van der Waals surface area contributed by atoms with Crippen molar-refractivity contribution in [3.05, 3.63) is 21.9 Å². The van der Waals surface area contributed by atoms with Crippen LogP contribution in [0.4, 0.5) is 0 Å². The molecule has 0 saturated carbocycles. The van der Waals surface area contributed by atoms with Gasteiger partial charge in [0.1, 0.15) is 0 Å². The highest BCUT2D eigenvalue weighted by atomic mass is 32.1. The number of rotatable bonds is 3. The van der Waals surface area contributed by atoms with Gasteiger partial charge < -0.3 is 5.73 Å². The van der Waals surface area contributed by atoms with E-state index in [-0.39, 0.29) is 0 Å². The number of hydrogen-bond donors (Lipinski definition) is 1. The molecule has 2 unspecified atom stereocenters. The Balaban J connectivity index is 2.10. The van der Waals surface area contributed by atoms with Crippen molar-refractivity contribution in [3.8, 4) is 0 Å². The van der Waals surface area contributed by atoms with E-state index < -0.39 is 0 Å². The first kappa shape index (κ1) is 13.1. The Bertz CT molecular complexity index is 348. The lowest BCUT2D eigenvalue weighted by Gasteiger charge is -2.29. The molecule has 1 aromatic rings. The molecule has 1 aliphatic rings. The maximum atomic E-state index is 6.01. The summed E-state index contributed by atoms with van der Waals surface area (Å²) >= 11 is 1.86. The van der Waals surface area contributed by atoms with Gasteiger partial charge in [0.05, 0.1) is 6.04 Å². The van der Waals surface area contributed by atoms with E-state index in [4.69, 9.17) is 5.73 Å². The van der Waals surface area contributed by atoms with Crippen LogP contribution in [0.5, 0.6) is 0 Å². The maximum Gasteiger partial charge on any atom is 0.0566 e. The van der Waals surface area contributed by atoms with Crippen LogP contribution in [0.3, 0.4) is 0 Å². The fraction of sp³-hybridized carbons (Fsp3) is 0.714. The number of thiophene rings is 1. The van der Waals surface area contributed by atoms with E-state index in [1.807, 2.05) is 11.3 Å². The van der Waals surface area contributed by atoms with Crippen LogP contribution in [-0.4, -0.2) is 24.5 Å². The number of nitrogens with two attached hydrogens (primary N) is 1. The van der Waals surface area contributed by atoms with Gasteiger partial charge in [0.25, 0.3) is 0 Å². The molecule has 2 atom stereocenters. The molecule has 2 N–H and O–H groups in total. The van der Waals surface area contributed by atoms with Gasteiger partial charge in [0, 0.05) is 11.4 Å². The normalized spacial score (nSPS) is 24.5. The Labute approximate surface area is 109 Å². The topological polar surface area (TPSA) is 29.3 Å². The minimum Gasteiger partial charge on any atom is -0.329 e. The molecule has 17 heavy (non-hydrogen) atoms. The smallest absolute Gasteiger partial charge is 0.0566 e. The first-order chi connectivity index (χ1) is 8.22. The molecule has 0 aromatic carbocycles. The molecule has 0 spiro atoms. The minimum absolute atomic E-state index is 0.445. The lowest BCUT2D eigenvalue weighted by Crippen LogP contribution is -2.34. The predicted octanol–water partition coefficient (Wildman–Crippen LogP) is 3.18. The average molecular weight is 252 g/mol. The van der Waals surface area contributed by atoms with Crippen molar-refractivity contribution in [2.75, 3.05) is 19.6 Å². The van der Waals surface area contributed by atoms with Crippen LogP contribution >= 0.6 is 11.3 Å². The predicted molar refractivity (Wildman–Crippen MR) is 75.4 cm³/mol. The third kappa shape index (κ3) is 3.09. The first-order valence-electron chi connectivity index (χ1n) is 6.70. The van der Waals surface area contributed by atoms with Crippen molar-refractivity contribution >= 4 is 11.3 Å². The number of likely N-dealkylation sites (tertiary alicyclic amines) is 1. The first-order valence-corrected chi connectivity index (χ1v) is 7.58. The Morgan fingerprint density at radius 2 is 2.29 bits per heavy atom. The molecule has 0 aliphatic carbocycles. The Kier molecular flexibility index (Phi) is 4.60. The summed E-state index contributed by atoms with van der Waals surface area (Å²) < 4.78 is 0. The van der Waals surface area contributed by atoms with E-state index in [0.717, 1.165) is 12.5 Å². The second kappa shape index (κ2) is 5.98. The lowest BCUT2D eigenvalue weighted by atomic mass is 10.0.